The first-order valence-corrected chi connectivity index (χ1v) is 13.6. The van der Waals surface area contributed by atoms with Crippen LogP contribution in [0.5, 0.6) is 0 Å². The molecule has 0 unspecified atom stereocenters. The van der Waals surface area contributed by atoms with Crippen LogP contribution in [0.3, 0.4) is 0 Å². The molecule has 0 atom stereocenters. The predicted octanol–water partition coefficient (Wildman–Crippen LogP) is 2.72. The molecule has 4 saturated carbocycles. The SMILES string of the molecule is Cc1[c-]c2c(cc1C)-c1cc(C)c(C)cc1C2.Cc1cc(C2(C)C3CC4CC(C3)CC2C4)c[cH-]1.[Cl-].[Cl-].[Zr+4]. The van der Waals surface area contributed by atoms with E-state index in [1.54, 1.807) is 12.0 Å². The van der Waals surface area contributed by atoms with Gasteiger partial charge in [-0.25, -0.2) is 6.07 Å². The fourth-order valence-corrected chi connectivity index (χ4v) is 8.18. The van der Waals surface area contributed by atoms with E-state index in [0.29, 0.717) is 5.41 Å². The number of hydrogen-bond acceptors (Lipinski definition) is 0. The van der Waals surface area contributed by atoms with E-state index >= 15 is 0 Å². The maximum Gasteiger partial charge on any atom is 4.00 e. The molecule has 3 aromatic carbocycles. The second kappa shape index (κ2) is 11.4. The normalized spacial score (nSPS) is 27.6. The Morgan fingerprint density at radius 3 is 1.89 bits per heavy atom. The van der Waals surface area contributed by atoms with Gasteiger partial charge in [-0.1, -0.05) is 50.8 Å². The Morgan fingerprint density at radius 1 is 0.757 bits per heavy atom. The molecule has 0 spiro atoms. The topological polar surface area (TPSA) is 0 Å². The van der Waals surface area contributed by atoms with Crippen LogP contribution in [0, 0.1) is 64.4 Å². The van der Waals surface area contributed by atoms with Crippen molar-refractivity contribution < 1.29 is 51.0 Å². The van der Waals surface area contributed by atoms with Crippen LogP contribution in [-0.4, -0.2) is 0 Å². The average molecular weight is 611 g/mol. The van der Waals surface area contributed by atoms with Gasteiger partial charge in [0.05, 0.1) is 0 Å². The van der Waals surface area contributed by atoms with E-state index in [-0.39, 0.29) is 51.0 Å². The van der Waals surface area contributed by atoms with Crippen LogP contribution in [0.1, 0.15) is 83.5 Å². The van der Waals surface area contributed by atoms with Gasteiger partial charge >= 0.3 is 26.2 Å². The van der Waals surface area contributed by atoms with Gasteiger partial charge < -0.3 is 24.8 Å². The van der Waals surface area contributed by atoms with E-state index in [9.17, 15) is 0 Å². The molecule has 4 bridgehead atoms. The van der Waals surface area contributed by atoms with Gasteiger partial charge in [0.15, 0.2) is 0 Å². The molecule has 0 N–H and O–H groups in total. The third kappa shape index (κ3) is 5.24. The van der Waals surface area contributed by atoms with Gasteiger partial charge in [-0.05, 0) is 92.7 Å². The Kier molecular flexibility index (Phi) is 9.48. The molecule has 8 rings (SSSR count). The molecule has 5 aliphatic carbocycles. The van der Waals surface area contributed by atoms with Crippen LogP contribution in [0.4, 0.5) is 0 Å². The first kappa shape index (κ1) is 30.8. The smallest absolute Gasteiger partial charge is 1.00 e. The second-order valence-electron chi connectivity index (χ2n) is 12.5. The number of hydrogen-bond donors (Lipinski definition) is 0. The maximum atomic E-state index is 3.54. The van der Waals surface area contributed by atoms with E-state index in [4.69, 9.17) is 0 Å². The summed E-state index contributed by atoms with van der Waals surface area (Å²) in [5, 5.41) is 0. The van der Waals surface area contributed by atoms with Crippen LogP contribution >= 0.6 is 0 Å². The predicted molar refractivity (Wildman–Crippen MR) is 144 cm³/mol. The number of fused-ring (bicyclic) bond motifs is 3. The fraction of sp³-hybridized carbons (Fsp3) is 0.500. The van der Waals surface area contributed by atoms with Crippen molar-refractivity contribution in [1.29, 1.82) is 0 Å². The zero-order valence-electron chi connectivity index (χ0n) is 23.3. The van der Waals surface area contributed by atoms with E-state index in [1.807, 2.05) is 0 Å². The molecule has 194 valence electrons. The molecule has 3 aromatic rings. The van der Waals surface area contributed by atoms with Crippen molar-refractivity contribution in [1.82, 2.24) is 0 Å². The van der Waals surface area contributed by atoms with Crippen LogP contribution in [0.25, 0.3) is 11.1 Å². The Bertz CT molecular complexity index is 1180. The van der Waals surface area contributed by atoms with Crippen molar-refractivity contribution in [2.24, 2.45) is 23.7 Å². The van der Waals surface area contributed by atoms with Crippen LogP contribution in [0.2, 0.25) is 0 Å². The summed E-state index contributed by atoms with van der Waals surface area (Å²) in [7, 11) is 0. The van der Waals surface area contributed by atoms with E-state index < -0.39 is 0 Å². The summed E-state index contributed by atoms with van der Waals surface area (Å²) in [6, 6.07) is 17.7. The Hall–Kier alpha value is -0.747. The average Bonchev–Trinajstić information content (AvgIpc) is 3.36. The molecule has 0 saturated heterocycles. The fourth-order valence-electron chi connectivity index (χ4n) is 8.18. The Morgan fingerprint density at radius 2 is 1.32 bits per heavy atom. The summed E-state index contributed by atoms with van der Waals surface area (Å²) in [6.07, 6.45) is 8.69. The molecule has 5 aliphatic rings. The van der Waals surface area contributed by atoms with Crippen molar-refractivity contribution in [3.63, 3.8) is 0 Å². The van der Waals surface area contributed by atoms with Crippen molar-refractivity contribution in [2.75, 3.05) is 0 Å². The molecule has 37 heavy (non-hydrogen) atoms. The van der Waals surface area contributed by atoms with E-state index in [0.717, 1.165) is 30.1 Å². The van der Waals surface area contributed by atoms with Crippen molar-refractivity contribution in [2.45, 2.75) is 85.5 Å². The molecule has 0 radical (unpaired) electrons. The molecule has 0 amide bonds. The number of aryl methyl sites for hydroxylation is 5. The molecular weight excluding hydrogens is 571 g/mol. The van der Waals surface area contributed by atoms with E-state index in [1.165, 1.54) is 75.8 Å². The van der Waals surface area contributed by atoms with Gasteiger partial charge in [-0.2, -0.15) is 46.5 Å². The summed E-state index contributed by atoms with van der Waals surface area (Å²) in [4.78, 5) is 0. The van der Waals surface area contributed by atoms with Crippen LogP contribution in [0.15, 0.2) is 36.4 Å². The molecule has 0 aliphatic heterocycles. The minimum absolute atomic E-state index is 0. The number of benzene rings is 2. The van der Waals surface area contributed by atoms with Crippen molar-refractivity contribution in [3.05, 3.63) is 87.0 Å². The molecule has 0 nitrogen and oxygen atoms in total. The third-order valence-corrected chi connectivity index (χ3v) is 10.4. The van der Waals surface area contributed by atoms with Crippen LogP contribution < -0.4 is 24.8 Å². The summed E-state index contributed by atoms with van der Waals surface area (Å²) in [5.41, 5.74) is 14.7. The molecule has 0 heterocycles. The Labute approximate surface area is 256 Å². The quantitative estimate of drug-likeness (QED) is 0.291. The van der Waals surface area contributed by atoms with E-state index in [2.05, 4.69) is 84.0 Å². The number of rotatable bonds is 1. The monoisotopic (exact) mass is 608 g/mol. The Balaban J connectivity index is 0.000000190. The molecular formula is C34H40Cl2Zr. The minimum atomic E-state index is 0. The van der Waals surface area contributed by atoms with Crippen molar-refractivity contribution >= 4 is 0 Å². The van der Waals surface area contributed by atoms with Gasteiger partial charge in [-0.3, -0.25) is 0 Å². The second-order valence-corrected chi connectivity index (χ2v) is 12.5. The summed E-state index contributed by atoms with van der Waals surface area (Å²) in [6.45, 7) is 13.5. The third-order valence-electron chi connectivity index (χ3n) is 10.4. The first-order chi connectivity index (χ1) is 16.2. The largest absolute Gasteiger partial charge is 4.00 e. The first-order valence-electron chi connectivity index (χ1n) is 13.6. The van der Waals surface area contributed by atoms with Crippen LogP contribution in [-0.2, 0) is 38.0 Å². The van der Waals surface area contributed by atoms with Crippen molar-refractivity contribution in [3.8, 4) is 11.1 Å². The zero-order chi connectivity index (χ0) is 23.8. The summed E-state index contributed by atoms with van der Waals surface area (Å²) >= 11 is 0. The maximum absolute atomic E-state index is 3.54. The number of halogens is 2. The van der Waals surface area contributed by atoms with Gasteiger partial charge in [0.25, 0.3) is 0 Å². The molecule has 4 fully saturated rings. The van der Waals surface area contributed by atoms with Gasteiger partial charge in [0.2, 0.25) is 0 Å². The molecule has 3 heteroatoms. The van der Waals surface area contributed by atoms with Gasteiger partial charge in [-0.15, -0.1) is 11.1 Å². The summed E-state index contributed by atoms with van der Waals surface area (Å²) in [5.74, 6) is 4.14. The molecule has 0 aromatic heterocycles. The summed E-state index contributed by atoms with van der Waals surface area (Å²) < 4.78 is 0. The minimum Gasteiger partial charge on any atom is -1.00 e. The van der Waals surface area contributed by atoms with Gasteiger partial charge in [0.1, 0.15) is 0 Å². The standard InChI is InChI=1S/C17H23.C17H17.2ClH.Zr/c1-11-3-4-14(5-11)17(2)15-7-12-6-13(9-15)10-16(17)8-12;1-10-5-14-9-15-6-11(2)13(4)8-17(15)16(14)7-12(10)3;;;/h3-5,12-13,15-16H,6-10H2,1-2H3;5,7-8H,9H2,1-4H3;2*1H;/q2*-1;;;+4/p-2. The van der Waals surface area contributed by atoms with Gasteiger partial charge in [0, 0.05) is 0 Å². The zero-order valence-corrected chi connectivity index (χ0v) is 27.2.